The van der Waals surface area contributed by atoms with Gasteiger partial charge in [-0.2, -0.15) is 0 Å². The Bertz CT molecular complexity index is 1170. The van der Waals surface area contributed by atoms with Crippen LogP contribution in [0.5, 0.6) is 0 Å². The van der Waals surface area contributed by atoms with Crippen molar-refractivity contribution in [3.63, 3.8) is 0 Å². The summed E-state index contributed by atoms with van der Waals surface area (Å²) < 4.78 is 1.42. The second kappa shape index (κ2) is 8.16. The molecule has 4 rings (SSSR count). The van der Waals surface area contributed by atoms with Gasteiger partial charge in [0.15, 0.2) is 0 Å². The number of imide groups is 1. The van der Waals surface area contributed by atoms with E-state index in [1.54, 1.807) is 54.6 Å². The molecular formula is C21H19N5O4. The summed E-state index contributed by atoms with van der Waals surface area (Å²) in [6.45, 7) is 0.430. The normalized spacial score (nSPS) is 16.0. The smallest absolute Gasteiger partial charge is 0.329 e. The van der Waals surface area contributed by atoms with Gasteiger partial charge in [0.2, 0.25) is 5.91 Å². The Hall–Kier alpha value is -4.01. The number of anilines is 1. The van der Waals surface area contributed by atoms with Crippen LogP contribution in [-0.2, 0) is 16.1 Å². The average Bonchev–Trinajstić information content (AvgIpc) is 3.03. The van der Waals surface area contributed by atoms with E-state index < -0.39 is 23.9 Å². The van der Waals surface area contributed by atoms with Gasteiger partial charge >= 0.3 is 6.03 Å². The molecule has 0 bridgehead atoms. The molecule has 0 spiro atoms. The fourth-order valence-electron chi connectivity index (χ4n) is 3.33. The molecule has 3 aromatic rings. The number of nitrogens with zero attached hydrogens (tertiary/aromatic N) is 3. The molecular weight excluding hydrogens is 386 g/mol. The van der Waals surface area contributed by atoms with Gasteiger partial charge in [-0.25, -0.2) is 14.7 Å². The third-order valence-corrected chi connectivity index (χ3v) is 4.83. The van der Waals surface area contributed by atoms with Crippen LogP contribution < -0.4 is 21.1 Å². The number of amides is 4. The topological polar surface area (TPSA) is 113 Å². The maximum atomic E-state index is 12.5. The van der Waals surface area contributed by atoms with Crippen molar-refractivity contribution in [2.45, 2.75) is 19.0 Å². The van der Waals surface area contributed by atoms with Gasteiger partial charge in [0.05, 0.1) is 29.3 Å². The number of para-hydroxylation sites is 2. The summed E-state index contributed by atoms with van der Waals surface area (Å²) in [6.07, 6.45) is 1.26. The number of urea groups is 1. The molecule has 1 atom stereocenters. The van der Waals surface area contributed by atoms with Crippen molar-refractivity contribution in [2.24, 2.45) is 0 Å². The van der Waals surface area contributed by atoms with Crippen LogP contribution in [0.3, 0.4) is 0 Å². The Balaban J connectivity index is 1.33. The number of benzene rings is 2. The van der Waals surface area contributed by atoms with E-state index in [0.29, 0.717) is 16.6 Å². The van der Waals surface area contributed by atoms with Crippen LogP contribution in [0.4, 0.5) is 10.5 Å². The van der Waals surface area contributed by atoms with Crippen molar-refractivity contribution >= 4 is 34.4 Å². The van der Waals surface area contributed by atoms with Crippen LogP contribution in [0, 0.1) is 0 Å². The first-order valence-corrected chi connectivity index (χ1v) is 9.45. The van der Waals surface area contributed by atoms with Gasteiger partial charge in [0.25, 0.3) is 11.5 Å². The first kappa shape index (κ1) is 19.3. The second-order valence-corrected chi connectivity index (χ2v) is 6.83. The van der Waals surface area contributed by atoms with Gasteiger partial charge in [0.1, 0.15) is 6.04 Å². The average molecular weight is 405 g/mol. The summed E-state index contributed by atoms with van der Waals surface area (Å²) >= 11 is 0. The van der Waals surface area contributed by atoms with Crippen LogP contribution in [0.1, 0.15) is 6.42 Å². The molecule has 1 aliphatic rings. The zero-order valence-corrected chi connectivity index (χ0v) is 15.9. The number of hydrogen-bond acceptors (Lipinski definition) is 5. The fraction of sp³-hybridized carbons (Fsp3) is 0.190. The number of carbonyl (C=O) groups is 3. The molecule has 2 N–H and O–H groups in total. The minimum absolute atomic E-state index is 0.182. The Morgan fingerprint density at radius 1 is 1.03 bits per heavy atom. The molecule has 1 unspecified atom stereocenters. The van der Waals surface area contributed by atoms with E-state index in [2.05, 4.69) is 15.6 Å². The van der Waals surface area contributed by atoms with Crippen molar-refractivity contribution in [2.75, 3.05) is 11.4 Å². The lowest BCUT2D eigenvalue weighted by atomic mass is 10.2. The van der Waals surface area contributed by atoms with Gasteiger partial charge in [-0.3, -0.25) is 19.0 Å². The van der Waals surface area contributed by atoms with E-state index in [9.17, 15) is 19.2 Å². The second-order valence-electron chi connectivity index (χ2n) is 6.83. The van der Waals surface area contributed by atoms with Crippen LogP contribution in [0.15, 0.2) is 65.7 Å². The number of hydrogen-bond donors (Lipinski definition) is 2. The zero-order valence-electron chi connectivity index (χ0n) is 15.9. The predicted molar refractivity (Wildman–Crippen MR) is 110 cm³/mol. The third kappa shape index (κ3) is 3.77. The Morgan fingerprint density at radius 3 is 2.57 bits per heavy atom. The highest BCUT2D eigenvalue weighted by molar-refractivity contribution is 6.22. The lowest BCUT2D eigenvalue weighted by Crippen LogP contribution is -2.38. The molecule has 9 nitrogen and oxygen atoms in total. The highest BCUT2D eigenvalue weighted by atomic mass is 16.2. The lowest BCUT2D eigenvalue weighted by molar-refractivity contribution is -0.125. The number of nitrogens with one attached hydrogen (secondary N) is 2. The summed E-state index contributed by atoms with van der Waals surface area (Å²) in [5.74, 6) is -0.873. The predicted octanol–water partition coefficient (Wildman–Crippen LogP) is 1.03. The largest absolute Gasteiger partial charge is 0.354 e. The quantitative estimate of drug-likeness (QED) is 0.595. The lowest BCUT2D eigenvalue weighted by Gasteiger charge is -2.13. The van der Waals surface area contributed by atoms with Gasteiger partial charge in [-0.15, -0.1) is 0 Å². The summed E-state index contributed by atoms with van der Waals surface area (Å²) in [5, 5.41) is 5.71. The summed E-state index contributed by atoms with van der Waals surface area (Å²) in [6, 6.07) is 14.1. The van der Waals surface area contributed by atoms with Gasteiger partial charge in [-0.05, 0) is 24.3 Å². The van der Waals surface area contributed by atoms with Crippen LogP contribution in [-0.4, -0.2) is 40.0 Å². The van der Waals surface area contributed by atoms with E-state index in [1.165, 1.54) is 10.9 Å². The molecule has 0 saturated carbocycles. The standard InChI is InChI=1S/C21H19N5O4/c27-18(12-17-20(29)26(21(30)24-17)14-6-2-1-3-7-14)22-10-11-25-13-23-16-9-5-4-8-15(16)19(25)28/h1-9,13,17H,10-12H2,(H,22,27)(H,24,30). The fourth-order valence-corrected chi connectivity index (χ4v) is 3.33. The van der Waals surface area contributed by atoms with E-state index in [0.717, 1.165) is 4.90 Å². The van der Waals surface area contributed by atoms with Gasteiger partial charge in [0, 0.05) is 13.1 Å². The van der Waals surface area contributed by atoms with E-state index in [-0.39, 0.29) is 25.1 Å². The molecule has 0 aliphatic carbocycles. The molecule has 152 valence electrons. The highest BCUT2D eigenvalue weighted by Crippen LogP contribution is 2.19. The maximum absolute atomic E-state index is 12.5. The van der Waals surface area contributed by atoms with E-state index in [4.69, 9.17) is 0 Å². The minimum atomic E-state index is -0.928. The highest BCUT2D eigenvalue weighted by Gasteiger charge is 2.39. The SMILES string of the molecule is O=C(CC1NC(=O)N(c2ccccc2)C1=O)NCCn1cnc2ccccc2c1=O. The number of carbonyl (C=O) groups excluding carboxylic acids is 3. The van der Waals surface area contributed by atoms with Crippen molar-refractivity contribution < 1.29 is 14.4 Å². The molecule has 1 saturated heterocycles. The maximum Gasteiger partial charge on any atom is 0.329 e. The first-order valence-electron chi connectivity index (χ1n) is 9.45. The molecule has 4 amide bonds. The molecule has 2 heterocycles. The first-order chi connectivity index (χ1) is 14.5. The van der Waals surface area contributed by atoms with E-state index in [1.807, 2.05) is 0 Å². The summed E-state index contributed by atoms with van der Waals surface area (Å²) in [5.41, 5.74) is 0.874. The summed E-state index contributed by atoms with van der Waals surface area (Å²) in [4.78, 5) is 54.6. The van der Waals surface area contributed by atoms with E-state index >= 15 is 0 Å². The molecule has 30 heavy (non-hydrogen) atoms. The zero-order chi connectivity index (χ0) is 21.1. The van der Waals surface area contributed by atoms with Crippen molar-refractivity contribution in [3.8, 4) is 0 Å². The molecule has 2 aromatic carbocycles. The third-order valence-electron chi connectivity index (χ3n) is 4.83. The minimum Gasteiger partial charge on any atom is -0.354 e. The van der Waals surface area contributed by atoms with Crippen molar-refractivity contribution in [3.05, 3.63) is 71.3 Å². The molecule has 9 heteroatoms. The monoisotopic (exact) mass is 405 g/mol. The summed E-state index contributed by atoms with van der Waals surface area (Å²) in [7, 11) is 0. The van der Waals surface area contributed by atoms with Crippen LogP contribution in [0.25, 0.3) is 10.9 Å². The Labute approximate surface area is 171 Å². The number of rotatable bonds is 6. The molecule has 1 aliphatic heterocycles. The van der Waals surface area contributed by atoms with Crippen molar-refractivity contribution in [1.82, 2.24) is 20.2 Å². The molecule has 1 aromatic heterocycles. The number of fused-ring (bicyclic) bond motifs is 1. The number of aromatic nitrogens is 2. The van der Waals surface area contributed by atoms with Crippen LogP contribution in [0.2, 0.25) is 0 Å². The molecule has 0 radical (unpaired) electrons. The Kier molecular flexibility index (Phi) is 5.25. The Morgan fingerprint density at radius 2 is 1.77 bits per heavy atom. The van der Waals surface area contributed by atoms with Gasteiger partial charge in [-0.1, -0.05) is 30.3 Å². The van der Waals surface area contributed by atoms with Crippen LogP contribution >= 0.6 is 0 Å². The van der Waals surface area contributed by atoms with Crippen molar-refractivity contribution in [1.29, 1.82) is 0 Å². The molecule has 1 fully saturated rings. The van der Waals surface area contributed by atoms with Gasteiger partial charge < -0.3 is 10.6 Å².